The van der Waals surface area contributed by atoms with Crippen LogP contribution in [0.3, 0.4) is 0 Å². The predicted molar refractivity (Wildman–Crippen MR) is 115 cm³/mol. The monoisotopic (exact) mass is 501 g/mol. The minimum atomic E-state index is -4.83. The van der Waals surface area contributed by atoms with Gasteiger partial charge in [-0.25, -0.2) is 14.0 Å². The van der Waals surface area contributed by atoms with Gasteiger partial charge in [-0.2, -0.15) is 17.6 Å². The Morgan fingerprint density at radius 1 is 1.15 bits per heavy atom. The lowest BCUT2D eigenvalue weighted by molar-refractivity contribution is -0.137. The Morgan fingerprint density at radius 2 is 1.85 bits per heavy atom. The van der Waals surface area contributed by atoms with Gasteiger partial charge in [0, 0.05) is 16.8 Å². The number of ether oxygens (including phenoxy) is 1. The van der Waals surface area contributed by atoms with Crippen molar-refractivity contribution < 1.29 is 31.3 Å². The molecular weight excluding hydrogens is 486 g/mol. The Labute approximate surface area is 191 Å². The highest BCUT2D eigenvalue weighted by Crippen LogP contribution is 2.40. The summed E-state index contributed by atoms with van der Waals surface area (Å²) in [4.78, 5) is 16.6. The number of aryl methyl sites for hydroxylation is 1. The molecule has 0 aliphatic rings. The van der Waals surface area contributed by atoms with Crippen molar-refractivity contribution in [3.05, 3.63) is 76.3 Å². The lowest BCUT2D eigenvalue weighted by Gasteiger charge is -2.17. The summed E-state index contributed by atoms with van der Waals surface area (Å²) in [6.07, 6.45) is -3.63. The summed E-state index contributed by atoms with van der Waals surface area (Å²) in [5.41, 5.74) is -1.37. The molecule has 1 amide bonds. The van der Waals surface area contributed by atoms with E-state index in [1.165, 1.54) is 37.4 Å². The smallest absolute Gasteiger partial charge is 0.417 e. The van der Waals surface area contributed by atoms with Gasteiger partial charge in [-0.1, -0.05) is 17.7 Å². The van der Waals surface area contributed by atoms with E-state index < -0.39 is 44.1 Å². The van der Waals surface area contributed by atoms with Crippen molar-refractivity contribution in [1.82, 2.24) is 4.98 Å². The van der Waals surface area contributed by atoms with Crippen molar-refractivity contribution >= 4 is 32.9 Å². The van der Waals surface area contributed by atoms with Crippen molar-refractivity contribution in [2.75, 3.05) is 11.6 Å². The predicted octanol–water partition coefficient (Wildman–Crippen LogP) is 6.28. The fourth-order valence-corrected chi connectivity index (χ4v) is 3.75. The summed E-state index contributed by atoms with van der Waals surface area (Å²) >= 11 is 5.79. The summed E-state index contributed by atoms with van der Waals surface area (Å²) in [5, 5.41) is 1.73. The van der Waals surface area contributed by atoms with Crippen LogP contribution in [0.15, 0.2) is 53.4 Å². The van der Waals surface area contributed by atoms with Crippen molar-refractivity contribution in [3.63, 3.8) is 0 Å². The number of benzene rings is 2. The number of nitrogens with one attached hydrogen (secondary N) is 2. The number of carbonyl (C=O) groups is 1. The molecule has 1 aromatic heterocycles. The summed E-state index contributed by atoms with van der Waals surface area (Å²) in [7, 11) is -3.07. The maximum absolute atomic E-state index is 13.4. The van der Waals surface area contributed by atoms with E-state index in [0.29, 0.717) is 6.07 Å². The molecule has 3 aromatic rings. The summed E-state index contributed by atoms with van der Waals surface area (Å²) in [5.74, 6) is -2.25. The first-order chi connectivity index (χ1) is 15.3. The third-order valence-corrected chi connectivity index (χ3v) is 5.85. The van der Waals surface area contributed by atoms with Crippen LogP contribution >= 0.6 is 11.6 Å². The van der Waals surface area contributed by atoms with Gasteiger partial charge in [-0.15, -0.1) is 0 Å². The molecule has 6 nitrogen and oxygen atoms in total. The standard InChI is InChI=1S/C21H16ClF4N3O3S/c1-11-17(6-7-19(23)28-11)32-18-10-15(21(24,25)26)16(22)9-14(18)20(30)29-12-4-3-5-13(8-12)33(2,27)31/h3-10,27H,1-2H3,(H,29,30)/t33-/m1/s1. The molecule has 1 heterocycles. The molecule has 0 aliphatic heterocycles. The number of hydrogen-bond acceptors (Lipinski definition) is 5. The van der Waals surface area contributed by atoms with Gasteiger partial charge in [-0.3, -0.25) is 4.79 Å². The molecule has 1 atom stereocenters. The second-order valence-electron chi connectivity index (χ2n) is 6.97. The maximum atomic E-state index is 13.4. The third kappa shape index (κ3) is 5.79. The number of amides is 1. The molecule has 33 heavy (non-hydrogen) atoms. The number of nitrogens with zero attached hydrogens (tertiary/aromatic N) is 1. The lowest BCUT2D eigenvalue weighted by Crippen LogP contribution is -2.15. The first kappa shape index (κ1) is 24.5. The highest BCUT2D eigenvalue weighted by atomic mass is 35.5. The van der Waals surface area contributed by atoms with Gasteiger partial charge in [0.25, 0.3) is 5.91 Å². The fraction of sp³-hybridized carbons (Fsp3) is 0.143. The quantitative estimate of drug-likeness (QED) is 0.318. The molecule has 3 rings (SSSR count). The number of rotatable bonds is 5. The topological polar surface area (TPSA) is 92.1 Å². The molecule has 0 unspecified atom stereocenters. The molecule has 0 radical (unpaired) electrons. The molecule has 0 saturated carbocycles. The average molecular weight is 502 g/mol. The number of halogens is 5. The first-order valence-corrected chi connectivity index (χ1v) is 11.5. The molecule has 174 valence electrons. The van der Waals surface area contributed by atoms with Crippen molar-refractivity contribution in [3.8, 4) is 11.5 Å². The Balaban J connectivity index is 2.06. The molecule has 0 aliphatic carbocycles. The third-order valence-electron chi connectivity index (χ3n) is 4.38. The zero-order chi connectivity index (χ0) is 24.6. The normalized spacial score (nSPS) is 13.3. The Hall–Kier alpha value is -3.18. The maximum Gasteiger partial charge on any atom is 0.417 e. The molecule has 0 fully saturated rings. The minimum Gasteiger partial charge on any atom is -0.455 e. The largest absolute Gasteiger partial charge is 0.455 e. The van der Waals surface area contributed by atoms with E-state index in [1.54, 1.807) is 0 Å². The fourth-order valence-electron chi connectivity index (χ4n) is 2.79. The number of hydrogen-bond donors (Lipinski definition) is 2. The van der Waals surface area contributed by atoms with Crippen LogP contribution in [-0.2, 0) is 15.9 Å². The molecular formula is C21H16ClF4N3O3S. The van der Waals surface area contributed by atoms with Gasteiger partial charge in [0.15, 0.2) is 0 Å². The van der Waals surface area contributed by atoms with Crippen LogP contribution in [-0.4, -0.2) is 21.4 Å². The number of anilines is 1. The van der Waals surface area contributed by atoms with Crippen LogP contribution in [0.2, 0.25) is 5.02 Å². The summed E-state index contributed by atoms with van der Waals surface area (Å²) in [6.45, 7) is 1.38. The van der Waals surface area contributed by atoms with E-state index in [4.69, 9.17) is 21.1 Å². The molecule has 2 N–H and O–H groups in total. The van der Waals surface area contributed by atoms with E-state index in [0.717, 1.165) is 18.2 Å². The average Bonchev–Trinajstić information content (AvgIpc) is 2.69. The van der Waals surface area contributed by atoms with E-state index in [2.05, 4.69) is 10.3 Å². The van der Waals surface area contributed by atoms with Gasteiger partial charge >= 0.3 is 6.18 Å². The molecule has 12 heteroatoms. The minimum absolute atomic E-state index is 0.0470. The van der Waals surface area contributed by atoms with E-state index in [9.17, 15) is 26.6 Å². The summed E-state index contributed by atoms with van der Waals surface area (Å²) < 4.78 is 78.6. The Kier molecular flexibility index (Phi) is 6.66. The molecule has 0 saturated heterocycles. The van der Waals surface area contributed by atoms with E-state index in [1.807, 2.05) is 0 Å². The van der Waals surface area contributed by atoms with Crippen LogP contribution in [0.5, 0.6) is 11.5 Å². The van der Waals surface area contributed by atoms with Crippen molar-refractivity contribution in [2.45, 2.75) is 18.0 Å². The Morgan fingerprint density at radius 3 is 2.45 bits per heavy atom. The molecule has 0 spiro atoms. The van der Waals surface area contributed by atoms with Crippen molar-refractivity contribution in [2.24, 2.45) is 0 Å². The van der Waals surface area contributed by atoms with Crippen molar-refractivity contribution in [1.29, 1.82) is 4.78 Å². The van der Waals surface area contributed by atoms with Crippen LogP contribution in [0, 0.1) is 17.7 Å². The van der Waals surface area contributed by atoms with Crippen LogP contribution in [0.1, 0.15) is 21.6 Å². The van der Waals surface area contributed by atoms with Gasteiger partial charge in [0.1, 0.15) is 11.5 Å². The first-order valence-electron chi connectivity index (χ1n) is 9.12. The van der Waals surface area contributed by atoms with E-state index in [-0.39, 0.29) is 27.6 Å². The number of pyridine rings is 1. The Bertz CT molecular complexity index is 1350. The number of aromatic nitrogens is 1. The number of alkyl halides is 3. The zero-order valence-corrected chi connectivity index (χ0v) is 18.7. The molecule has 0 bridgehead atoms. The van der Waals surface area contributed by atoms with Crippen LogP contribution in [0.25, 0.3) is 0 Å². The van der Waals surface area contributed by atoms with Gasteiger partial charge in [0.05, 0.1) is 31.6 Å². The highest BCUT2D eigenvalue weighted by Gasteiger charge is 2.35. The van der Waals surface area contributed by atoms with Crippen LogP contribution in [0.4, 0.5) is 23.2 Å². The van der Waals surface area contributed by atoms with Gasteiger partial charge < -0.3 is 10.1 Å². The van der Waals surface area contributed by atoms with E-state index >= 15 is 0 Å². The van der Waals surface area contributed by atoms with Gasteiger partial charge in [0.2, 0.25) is 5.95 Å². The van der Waals surface area contributed by atoms with Gasteiger partial charge in [-0.05, 0) is 49.4 Å². The van der Waals surface area contributed by atoms with Crippen LogP contribution < -0.4 is 10.1 Å². The zero-order valence-electron chi connectivity index (χ0n) is 17.1. The lowest BCUT2D eigenvalue weighted by atomic mass is 10.1. The second-order valence-corrected chi connectivity index (χ2v) is 9.54. The SMILES string of the molecule is Cc1nc(F)ccc1Oc1cc(C(F)(F)F)c(Cl)cc1C(=O)Nc1cccc([S@](C)(=N)=O)c1. The highest BCUT2D eigenvalue weighted by molar-refractivity contribution is 7.91. The molecule has 2 aromatic carbocycles. The summed E-state index contributed by atoms with van der Waals surface area (Å²) in [6, 6.07) is 9.17. The number of carbonyl (C=O) groups excluding carboxylic acids is 1. The second kappa shape index (κ2) is 8.99.